The molecule has 2 heterocycles. The largest absolute Gasteiger partial charge is 0.370 e. The summed E-state index contributed by atoms with van der Waals surface area (Å²) in [4.78, 5) is 11.8. The van der Waals surface area contributed by atoms with Gasteiger partial charge in [0.15, 0.2) is 0 Å². The number of benzene rings is 1. The van der Waals surface area contributed by atoms with Gasteiger partial charge in [0.05, 0.1) is 5.39 Å². The molecule has 0 bridgehead atoms. The molecule has 0 aliphatic heterocycles. The summed E-state index contributed by atoms with van der Waals surface area (Å²) in [6.07, 6.45) is 0.769. The zero-order valence-corrected chi connectivity index (χ0v) is 13.4. The van der Waals surface area contributed by atoms with E-state index in [1.807, 2.05) is 0 Å². The fourth-order valence-corrected chi connectivity index (χ4v) is 3.25. The molecule has 0 aliphatic rings. The highest BCUT2D eigenvalue weighted by atomic mass is 32.1. The summed E-state index contributed by atoms with van der Waals surface area (Å²) in [7, 11) is 0. The molecular weight excluding hydrogens is 278 g/mol. The maximum atomic E-state index is 4.72. The van der Waals surface area contributed by atoms with Crippen LogP contribution in [0.2, 0.25) is 0 Å². The normalized spacial score (nSPS) is 11.0. The van der Waals surface area contributed by atoms with Crippen molar-refractivity contribution in [2.75, 3.05) is 11.9 Å². The van der Waals surface area contributed by atoms with Crippen molar-refractivity contribution in [1.29, 1.82) is 0 Å². The van der Waals surface area contributed by atoms with Crippen LogP contribution in [0.15, 0.2) is 30.3 Å². The van der Waals surface area contributed by atoms with Crippen molar-refractivity contribution in [3.8, 4) is 0 Å². The highest BCUT2D eigenvalue weighted by Gasteiger charge is 2.10. The number of thiophene rings is 1. The minimum atomic E-state index is 0.769. The van der Waals surface area contributed by atoms with Crippen molar-refractivity contribution < 1.29 is 0 Å². The quantitative estimate of drug-likeness (QED) is 0.779. The molecular formula is C17H19N3S. The third kappa shape index (κ3) is 3.05. The second-order valence-electron chi connectivity index (χ2n) is 5.26. The molecule has 21 heavy (non-hydrogen) atoms. The van der Waals surface area contributed by atoms with Gasteiger partial charge in [-0.2, -0.15) is 0 Å². The lowest BCUT2D eigenvalue weighted by Gasteiger charge is -2.07. The highest BCUT2D eigenvalue weighted by Crippen LogP contribution is 2.28. The van der Waals surface area contributed by atoms with Gasteiger partial charge in [-0.3, -0.25) is 0 Å². The van der Waals surface area contributed by atoms with Crippen LogP contribution in [0.25, 0.3) is 10.2 Å². The Morgan fingerprint density at radius 3 is 2.57 bits per heavy atom. The van der Waals surface area contributed by atoms with E-state index in [0.29, 0.717) is 0 Å². The van der Waals surface area contributed by atoms with E-state index in [4.69, 9.17) is 9.97 Å². The maximum Gasteiger partial charge on any atom is 0.138 e. The van der Waals surface area contributed by atoms with Crippen molar-refractivity contribution in [2.45, 2.75) is 27.2 Å². The predicted molar refractivity (Wildman–Crippen MR) is 90.3 cm³/mol. The van der Waals surface area contributed by atoms with Crippen molar-refractivity contribution >= 4 is 27.4 Å². The topological polar surface area (TPSA) is 37.8 Å². The molecule has 4 heteroatoms. The molecule has 0 fully saturated rings. The van der Waals surface area contributed by atoms with Gasteiger partial charge in [-0.15, -0.1) is 11.3 Å². The molecule has 0 unspecified atom stereocenters. The summed E-state index contributed by atoms with van der Waals surface area (Å²) in [5, 5.41) is 4.49. The average molecular weight is 297 g/mol. The van der Waals surface area contributed by atoms with E-state index in [1.165, 1.54) is 16.0 Å². The lowest BCUT2D eigenvalue weighted by Crippen LogP contribution is -2.04. The van der Waals surface area contributed by atoms with Crippen LogP contribution >= 0.6 is 11.3 Å². The lowest BCUT2D eigenvalue weighted by atomic mass is 10.1. The first-order chi connectivity index (χ1) is 10.2. The molecule has 0 radical (unpaired) electrons. The Morgan fingerprint density at radius 1 is 1.10 bits per heavy atom. The van der Waals surface area contributed by atoms with Crippen molar-refractivity contribution in [3.05, 3.63) is 52.2 Å². The van der Waals surface area contributed by atoms with E-state index in [9.17, 15) is 0 Å². The summed E-state index contributed by atoms with van der Waals surface area (Å²) < 4.78 is 0. The van der Waals surface area contributed by atoms with Gasteiger partial charge >= 0.3 is 0 Å². The molecule has 0 amide bonds. The number of rotatable bonds is 4. The van der Waals surface area contributed by atoms with Gasteiger partial charge in [-0.05, 0) is 32.4 Å². The Kier molecular flexibility index (Phi) is 3.88. The number of aryl methyl sites for hydroxylation is 2. The standard InChI is InChI=1S/C17H19N3S/c1-4-18-16-14-9-12(3)21-17(14)20-15(19-16)10-13-7-5-11(2)6-8-13/h5-9H,4,10H2,1-3H3,(H,18,19,20). The molecule has 0 atom stereocenters. The minimum absolute atomic E-state index is 0.769. The predicted octanol–water partition coefficient (Wildman–Crippen LogP) is 4.33. The molecule has 0 aliphatic carbocycles. The monoisotopic (exact) mass is 297 g/mol. The second-order valence-corrected chi connectivity index (χ2v) is 6.49. The lowest BCUT2D eigenvalue weighted by molar-refractivity contribution is 0.989. The summed E-state index contributed by atoms with van der Waals surface area (Å²) in [5.41, 5.74) is 2.52. The van der Waals surface area contributed by atoms with Crippen molar-refractivity contribution in [2.24, 2.45) is 0 Å². The fourth-order valence-electron chi connectivity index (χ4n) is 2.36. The van der Waals surface area contributed by atoms with Crippen LogP contribution in [0.4, 0.5) is 5.82 Å². The molecule has 0 spiro atoms. The van der Waals surface area contributed by atoms with E-state index >= 15 is 0 Å². The molecule has 0 saturated heterocycles. The van der Waals surface area contributed by atoms with Gasteiger partial charge in [-0.25, -0.2) is 9.97 Å². The van der Waals surface area contributed by atoms with Crippen LogP contribution < -0.4 is 5.32 Å². The third-order valence-corrected chi connectivity index (χ3v) is 4.33. The molecule has 3 rings (SSSR count). The number of hydrogen-bond acceptors (Lipinski definition) is 4. The smallest absolute Gasteiger partial charge is 0.138 e. The van der Waals surface area contributed by atoms with E-state index in [2.05, 4.69) is 56.4 Å². The summed E-state index contributed by atoms with van der Waals surface area (Å²) >= 11 is 1.73. The van der Waals surface area contributed by atoms with Crippen LogP contribution in [-0.4, -0.2) is 16.5 Å². The van der Waals surface area contributed by atoms with Gasteiger partial charge in [0.1, 0.15) is 16.5 Å². The Labute approximate surface area is 129 Å². The minimum Gasteiger partial charge on any atom is -0.370 e. The molecule has 0 saturated carbocycles. The number of nitrogens with zero attached hydrogens (tertiary/aromatic N) is 2. The number of aromatic nitrogens is 2. The first-order valence-corrected chi connectivity index (χ1v) is 8.04. The Balaban J connectivity index is 1.99. The van der Waals surface area contributed by atoms with Crippen molar-refractivity contribution in [1.82, 2.24) is 9.97 Å². The summed E-state index contributed by atoms with van der Waals surface area (Å²) in [5.74, 6) is 1.83. The van der Waals surface area contributed by atoms with E-state index < -0.39 is 0 Å². The third-order valence-electron chi connectivity index (χ3n) is 3.39. The molecule has 1 N–H and O–H groups in total. The average Bonchev–Trinajstić information content (AvgIpc) is 2.82. The Morgan fingerprint density at radius 2 is 1.86 bits per heavy atom. The Bertz CT molecular complexity index is 760. The van der Waals surface area contributed by atoms with Crippen molar-refractivity contribution in [3.63, 3.8) is 0 Å². The number of nitrogens with one attached hydrogen (secondary N) is 1. The molecule has 108 valence electrons. The summed E-state index contributed by atoms with van der Waals surface area (Å²) in [6.45, 7) is 7.17. The molecule has 2 aromatic heterocycles. The first kappa shape index (κ1) is 14.0. The maximum absolute atomic E-state index is 4.72. The van der Waals surface area contributed by atoms with E-state index in [-0.39, 0.29) is 0 Å². The van der Waals surface area contributed by atoms with E-state index in [1.54, 1.807) is 11.3 Å². The zero-order chi connectivity index (χ0) is 14.8. The fraction of sp³-hybridized carbons (Fsp3) is 0.294. The van der Waals surface area contributed by atoms with Gasteiger partial charge in [0.2, 0.25) is 0 Å². The molecule has 3 aromatic rings. The van der Waals surface area contributed by atoms with Gasteiger partial charge < -0.3 is 5.32 Å². The molecule has 1 aromatic carbocycles. The van der Waals surface area contributed by atoms with E-state index in [0.717, 1.165) is 34.8 Å². The van der Waals surface area contributed by atoms with Gasteiger partial charge in [-0.1, -0.05) is 29.8 Å². The number of hydrogen-bond donors (Lipinski definition) is 1. The van der Waals surface area contributed by atoms with Crippen LogP contribution in [-0.2, 0) is 6.42 Å². The first-order valence-electron chi connectivity index (χ1n) is 7.22. The molecule has 3 nitrogen and oxygen atoms in total. The zero-order valence-electron chi connectivity index (χ0n) is 12.6. The van der Waals surface area contributed by atoms with Crippen LogP contribution in [0.5, 0.6) is 0 Å². The van der Waals surface area contributed by atoms with Crippen LogP contribution in [0.3, 0.4) is 0 Å². The van der Waals surface area contributed by atoms with Gasteiger partial charge in [0, 0.05) is 17.8 Å². The van der Waals surface area contributed by atoms with Crippen LogP contribution in [0, 0.1) is 13.8 Å². The number of fused-ring (bicyclic) bond motifs is 1. The summed E-state index contributed by atoms with van der Waals surface area (Å²) in [6, 6.07) is 10.7. The van der Waals surface area contributed by atoms with Crippen LogP contribution in [0.1, 0.15) is 28.8 Å². The number of anilines is 1. The second kappa shape index (κ2) is 5.82. The SMILES string of the molecule is CCNc1nc(Cc2ccc(C)cc2)nc2sc(C)cc12. The highest BCUT2D eigenvalue weighted by molar-refractivity contribution is 7.18. The Hall–Kier alpha value is -1.94. The van der Waals surface area contributed by atoms with Gasteiger partial charge in [0.25, 0.3) is 0 Å².